The Labute approximate surface area is 142 Å². The zero-order valence-electron chi connectivity index (χ0n) is 14.4. The van der Waals surface area contributed by atoms with Crippen LogP contribution < -0.4 is 5.32 Å². The molecule has 0 spiro atoms. The molecule has 4 nitrogen and oxygen atoms in total. The number of aromatic nitrogens is 1. The number of nitrogens with one attached hydrogen (secondary N) is 2. The van der Waals surface area contributed by atoms with Gasteiger partial charge < -0.3 is 15.2 Å². The summed E-state index contributed by atoms with van der Waals surface area (Å²) in [7, 11) is 4.16. The number of hydrogen-bond acceptors (Lipinski definition) is 2. The number of amides is 1. The molecule has 2 aromatic carbocycles. The number of likely N-dealkylation sites (N-methyl/N-ethyl adjacent to an activating group) is 1. The maximum absolute atomic E-state index is 12.3. The third-order valence-corrected chi connectivity index (χ3v) is 4.22. The first-order chi connectivity index (χ1) is 11.5. The monoisotopic (exact) mass is 321 g/mol. The summed E-state index contributed by atoms with van der Waals surface area (Å²) in [6.45, 7) is 3.10. The van der Waals surface area contributed by atoms with Crippen LogP contribution in [0.4, 0.5) is 5.69 Å². The molecule has 24 heavy (non-hydrogen) atoms. The average molecular weight is 321 g/mol. The number of rotatable bonds is 5. The highest BCUT2D eigenvalue weighted by molar-refractivity contribution is 6.05. The van der Waals surface area contributed by atoms with Gasteiger partial charge in [0.2, 0.25) is 0 Å². The smallest absolute Gasteiger partial charge is 0.255 e. The van der Waals surface area contributed by atoms with Gasteiger partial charge in [-0.15, -0.1) is 0 Å². The van der Waals surface area contributed by atoms with E-state index in [1.807, 2.05) is 42.5 Å². The topological polar surface area (TPSA) is 48.1 Å². The maximum atomic E-state index is 12.3. The van der Waals surface area contributed by atoms with E-state index in [2.05, 4.69) is 42.3 Å². The molecular formula is C20H23N3O. The Morgan fingerprint density at radius 1 is 1.12 bits per heavy atom. The van der Waals surface area contributed by atoms with Gasteiger partial charge in [0.15, 0.2) is 0 Å². The summed E-state index contributed by atoms with van der Waals surface area (Å²) < 4.78 is 0. The second-order valence-corrected chi connectivity index (χ2v) is 6.36. The second-order valence-electron chi connectivity index (χ2n) is 6.36. The van der Waals surface area contributed by atoms with Gasteiger partial charge in [-0.3, -0.25) is 4.79 Å². The van der Waals surface area contributed by atoms with Crippen molar-refractivity contribution in [1.82, 2.24) is 9.88 Å². The molecule has 1 heterocycles. The van der Waals surface area contributed by atoms with E-state index in [9.17, 15) is 4.79 Å². The molecule has 0 atom stereocenters. The van der Waals surface area contributed by atoms with Crippen molar-refractivity contribution in [3.8, 4) is 0 Å². The molecule has 3 rings (SSSR count). The number of fused-ring (bicyclic) bond motifs is 1. The zero-order valence-corrected chi connectivity index (χ0v) is 14.4. The third kappa shape index (κ3) is 3.49. The lowest BCUT2D eigenvalue weighted by atomic mass is 10.1. The molecule has 1 aromatic heterocycles. The van der Waals surface area contributed by atoms with Crippen LogP contribution in [0.25, 0.3) is 10.9 Å². The van der Waals surface area contributed by atoms with Crippen molar-refractivity contribution in [2.75, 3.05) is 26.0 Å². The summed E-state index contributed by atoms with van der Waals surface area (Å²) in [5, 5.41) is 4.17. The lowest BCUT2D eigenvalue weighted by Gasteiger charge is -2.10. The Bertz CT molecular complexity index is 850. The maximum Gasteiger partial charge on any atom is 0.255 e. The van der Waals surface area contributed by atoms with Crippen LogP contribution in [-0.4, -0.2) is 36.4 Å². The minimum Gasteiger partial charge on any atom is -0.358 e. The molecule has 3 aromatic rings. The van der Waals surface area contributed by atoms with E-state index in [1.165, 1.54) is 16.6 Å². The number of aryl methyl sites for hydroxylation is 1. The van der Waals surface area contributed by atoms with Gasteiger partial charge in [0, 0.05) is 34.4 Å². The summed E-state index contributed by atoms with van der Waals surface area (Å²) in [4.78, 5) is 17.9. The molecule has 0 aliphatic rings. The summed E-state index contributed by atoms with van der Waals surface area (Å²) in [6, 6.07) is 15.3. The van der Waals surface area contributed by atoms with Crippen molar-refractivity contribution in [1.29, 1.82) is 0 Å². The van der Waals surface area contributed by atoms with Crippen molar-refractivity contribution in [3.05, 3.63) is 65.4 Å². The molecule has 0 saturated carbocycles. The predicted octanol–water partition coefficient (Wildman–Crippen LogP) is 3.83. The average Bonchev–Trinajstić information content (AvgIpc) is 2.88. The van der Waals surface area contributed by atoms with E-state index in [0.717, 1.165) is 24.2 Å². The van der Waals surface area contributed by atoms with Gasteiger partial charge in [-0.05, 0) is 63.3 Å². The Morgan fingerprint density at radius 2 is 1.88 bits per heavy atom. The first-order valence-corrected chi connectivity index (χ1v) is 8.17. The fourth-order valence-corrected chi connectivity index (χ4v) is 2.91. The minimum atomic E-state index is -0.0861. The van der Waals surface area contributed by atoms with Crippen LogP contribution in [-0.2, 0) is 6.42 Å². The number of nitrogens with zero attached hydrogens (tertiary/aromatic N) is 1. The predicted molar refractivity (Wildman–Crippen MR) is 99.7 cm³/mol. The number of aromatic amines is 1. The molecule has 2 N–H and O–H groups in total. The first kappa shape index (κ1) is 16.3. The second kappa shape index (κ2) is 6.89. The largest absolute Gasteiger partial charge is 0.358 e. The molecule has 0 saturated heterocycles. The normalized spacial score (nSPS) is 11.2. The highest BCUT2D eigenvalue weighted by Crippen LogP contribution is 2.26. The van der Waals surface area contributed by atoms with Crippen molar-refractivity contribution in [2.24, 2.45) is 0 Å². The quantitative estimate of drug-likeness (QED) is 0.750. The zero-order chi connectivity index (χ0) is 17.1. The van der Waals surface area contributed by atoms with Crippen LogP contribution in [0.1, 0.15) is 21.6 Å². The number of benzene rings is 2. The number of carbonyl (C=O) groups excluding carboxylic acids is 1. The Morgan fingerprint density at radius 3 is 2.58 bits per heavy atom. The SMILES string of the molecule is Cc1[nH]c2ccc(NC(=O)c3ccccc3)cc2c1CCN(C)C. The molecule has 0 bridgehead atoms. The summed E-state index contributed by atoms with van der Waals surface area (Å²) in [5.41, 5.74) is 5.10. The van der Waals surface area contributed by atoms with Crippen molar-refractivity contribution < 1.29 is 4.79 Å². The number of hydrogen-bond donors (Lipinski definition) is 2. The van der Waals surface area contributed by atoms with Crippen LogP contribution in [0.15, 0.2) is 48.5 Å². The van der Waals surface area contributed by atoms with Crippen molar-refractivity contribution in [3.63, 3.8) is 0 Å². The molecule has 4 heteroatoms. The molecule has 0 radical (unpaired) electrons. The molecule has 0 aliphatic carbocycles. The minimum absolute atomic E-state index is 0.0861. The fourth-order valence-electron chi connectivity index (χ4n) is 2.91. The summed E-state index contributed by atoms with van der Waals surface area (Å²) in [5.74, 6) is -0.0861. The van der Waals surface area contributed by atoms with Gasteiger partial charge in [-0.2, -0.15) is 0 Å². The molecule has 124 valence electrons. The van der Waals surface area contributed by atoms with Crippen LogP contribution >= 0.6 is 0 Å². The van der Waals surface area contributed by atoms with Gasteiger partial charge >= 0.3 is 0 Å². The van der Waals surface area contributed by atoms with Crippen molar-refractivity contribution in [2.45, 2.75) is 13.3 Å². The van der Waals surface area contributed by atoms with Crippen LogP contribution in [0.2, 0.25) is 0 Å². The third-order valence-electron chi connectivity index (χ3n) is 4.22. The van der Waals surface area contributed by atoms with Gasteiger partial charge in [-0.1, -0.05) is 18.2 Å². The van der Waals surface area contributed by atoms with E-state index < -0.39 is 0 Å². The molecular weight excluding hydrogens is 298 g/mol. The standard InChI is InChI=1S/C20H23N3O/c1-14-17(11-12-23(2)3)18-13-16(9-10-19(18)21-14)22-20(24)15-7-5-4-6-8-15/h4-10,13,21H,11-12H2,1-3H3,(H,22,24). The van der Waals surface area contributed by atoms with E-state index in [0.29, 0.717) is 5.56 Å². The highest BCUT2D eigenvalue weighted by Gasteiger charge is 2.11. The Balaban J connectivity index is 1.87. The summed E-state index contributed by atoms with van der Waals surface area (Å²) in [6.07, 6.45) is 0.981. The van der Waals surface area contributed by atoms with Crippen LogP contribution in [0, 0.1) is 6.92 Å². The van der Waals surface area contributed by atoms with E-state index in [4.69, 9.17) is 0 Å². The van der Waals surface area contributed by atoms with Crippen LogP contribution in [0.3, 0.4) is 0 Å². The number of carbonyl (C=O) groups is 1. The first-order valence-electron chi connectivity index (χ1n) is 8.17. The van der Waals surface area contributed by atoms with Crippen molar-refractivity contribution >= 4 is 22.5 Å². The van der Waals surface area contributed by atoms with E-state index >= 15 is 0 Å². The van der Waals surface area contributed by atoms with E-state index in [1.54, 1.807) is 0 Å². The number of anilines is 1. The lowest BCUT2D eigenvalue weighted by Crippen LogP contribution is -2.15. The highest BCUT2D eigenvalue weighted by atomic mass is 16.1. The molecule has 0 unspecified atom stereocenters. The summed E-state index contributed by atoms with van der Waals surface area (Å²) >= 11 is 0. The lowest BCUT2D eigenvalue weighted by molar-refractivity contribution is 0.102. The number of H-pyrrole nitrogens is 1. The molecule has 1 amide bonds. The van der Waals surface area contributed by atoms with Crippen LogP contribution in [0.5, 0.6) is 0 Å². The van der Waals surface area contributed by atoms with E-state index in [-0.39, 0.29) is 5.91 Å². The fraction of sp³-hybridized carbons (Fsp3) is 0.250. The van der Waals surface area contributed by atoms with Gasteiger partial charge in [-0.25, -0.2) is 0 Å². The Hall–Kier alpha value is -2.59. The molecule has 0 aliphatic heterocycles. The molecule has 0 fully saturated rings. The van der Waals surface area contributed by atoms with Gasteiger partial charge in [0.25, 0.3) is 5.91 Å². The van der Waals surface area contributed by atoms with Gasteiger partial charge in [0.1, 0.15) is 0 Å². The Kier molecular flexibility index (Phi) is 4.67. The van der Waals surface area contributed by atoms with Gasteiger partial charge in [0.05, 0.1) is 0 Å².